The van der Waals surface area contributed by atoms with Crippen LogP contribution in [0, 0.1) is 0 Å². The third-order valence-electron chi connectivity index (χ3n) is 2.73. The van der Waals surface area contributed by atoms with Crippen molar-refractivity contribution in [2.45, 2.75) is 19.1 Å². The van der Waals surface area contributed by atoms with Crippen molar-refractivity contribution in [3.63, 3.8) is 0 Å². The van der Waals surface area contributed by atoms with E-state index in [4.69, 9.17) is 14.6 Å². The fourth-order valence-electron chi connectivity index (χ4n) is 1.81. The van der Waals surface area contributed by atoms with Crippen molar-refractivity contribution in [1.82, 2.24) is 5.32 Å². The number of hydrogen-bond acceptors (Lipinski definition) is 4. The van der Waals surface area contributed by atoms with E-state index in [2.05, 4.69) is 5.32 Å². The summed E-state index contributed by atoms with van der Waals surface area (Å²) in [7, 11) is 0. The van der Waals surface area contributed by atoms with E-state index in [0.717, 1.165) is 0 Å². The van der Waals surface area contributed by atoms with Crippen LogP contribution in [0.2, 0.25) is 0 Å². The second kappa shape index (κ2) is 5.14. The third-order valence-corrected chi connectivity index (χ3v) is 2.73. The molecule has 0 spiro atoms. The summed E-state index contributed by atoms with van der Waals surface area (Å²) in [5, 5.41) is 20.8. The molecule has 0 fully saturated rings. The van der Waals surface area contributed by atoms with E-state index in [9.17, 15) is 9.90 Å². The van der Waals surface area contributed by atoms with Gasteiger partial charge in [0.1, 0.15) is 13.2 Å². The van der Waals surface area contributed by atoms with Gasteiger partial charge >= 0.3 is 6.09 Å². The van der Waals surface area contributed by atoms with Gasteiger partial charge in [-0.1, -0.05) is 6.07 Å². The molecule has 3 N–H and O–H groups in total. The van der Waals surface area contributed by atoms with Crippen LogP contribution in [0.1, 0.15) is 18.6 Å². The molecule has 1 heterocycles. The van der Waals surface area contributed by atoms with Crippen LogP contribution in [-0.2, 0) is 0 Å². The Balaban J connectivity index is 2.15. The molecule has 1 amide bonds. The Morgan fingerprint density at radius 1 is 1.33 bits per heavy atom. The van der Waals surface area contributed by atoms with Gasteiger partial charge in [-0.25, -0.2) is 4.79 Å². The van der Waals surface area contributed by atoms with E-state index in [-0.39, 0.29) is 0 Å². The van der Waals surface area contributed by atoms with Crippen LogP contribution in [0.4, 0.5) is 4.79 Å². The molecule has 6 nitrogen and oxygen atoms in total. The van der Waals surface area contributed by atoms with Gasteiger partial charge in [0, 0.05) is 0 Å². The number of ether oxygens (including phenoxy) is 2. The molecule has 1 aliphatic rings. The third kappa shape index (κ3) is 2.65. The minimum absolute atomic E-state index is 0.468. The van der Waals surface area contributed by atoms with Gasteiger partial charge in [0.05, 0.1) is 12.1 Å². The lowest BCUT2D eigenvalue weighted by molar-refractivity contribution is 0.125. The standard InChI is InChI=1S/C12H15NO5/c1-7(13-12(15)16)11(14)8-2-3-9-10(6-8)18-5-4-17-9/h2-3,6-7,11,13-14H,4-5H2,1H3,(H,15,16)/t7-,11-/m1/s1. The molecule has 1 aliphatic heterocycles. The summed E-state index contributed by atoms with van der Waals surface area (Å²) in [6, 6.07) is 4.46. The second-order valence-corrected chi connectivity index (χ2v) is 4.09. The fraction of sp³-hybridized carbons (Fsp3) is 0.417. The van der Waals surface area contributed by atoms with Crippen LogP contribution in [0.5, 0.6) is 11.5 Å². The SMILES string of the molecule is C[C@@H](NC(=O)O)[C@@H](O)c1ccc2c(c1)OCCO2. The highest BCUT2D eigenvalue weighted by Crippen LogP contribution is 2.33. The molecule has 0 aliphatic carbocycles. The quantitative estimate of drug-likeness (QED) is 0.752. The molecule has 1 aromatic rings. The van der Waals surface area contributed by atoms with E-state index >= 15 is 0 Å². The average molecular weight is 253 g/mol. The lowest BCUT2D eigenvalue weighted by Gasteiger charge is -2.22. The van der Waals surface area contributed by atoms with Crippen LogP contribution in [0.25, 0.3) is 0 Å². The minimum Gasteiger partial charge on any atom is -0.486 e. The van der Waals surface area contributed by atoms with Crippen molar-refractivity contribution in [1.29, 1.82) is 0 Å². The van der Waals surface area contributed by atoms with Crippen LogP contribution < -0.4 is 14.8 Å². The lowest BCUT2D eigenvalue weighted by atomic mass is 10.0. The van der Waals surface area contributed by atoms with E-state index in [1.54, 1.807) is 25.1 Å². The molecular weight excluding hydrogens is 238 g/mol. The van der Waals surface area contributed by atoms with Crippen molar-refractivity contribution >= 4 is 6.09 Å². The Hall–Kier alpha value is -1.95. The summed E-state index contributed by atoms with van der Waals surface area (Å²) in [6.07, 6.45) is -2.10. The number of fused-ring (bicyclic) bond motifs is 1. The van der Waals surface area contributed by atoms with E-state index < -0.39 is 18.2 Å². The largest absolute Gasteiger partial charge is 0.486 e. The van der Waals surface area contributed by atoms with Gasteiger partial charge in [0.15, 0.2) is 11.5 Å². The van der Waals surface area contributed by atoms with Crippen molar-refractivity contribution < 1.29 is 24.5 Å². The number of amides is 1. The van der Waals surface area contributed by atoms with Crippen LogP contribution in [0.3, 0.4) is 0 Å². The zero-order chi connectivity index (χ0) is 13.1. The van der Waals surface area contributed by atoms with E-state index in [0.29, 0.717) is 30.3 Å². The summed E-state index contributed by atoms with van der Waals surface area (Å²) in [4.78, 5) is 10.5. The van der Waals surface area contributed by atoms with Gasteiger partial charge in [-0.2, -0.15) is 0 Å². The summed E-state index contributed by atoms with van der Waals surface area (Å²) in [5.41, 5.74) is 0.584. The number of hydrogen-bond donors (Lipinski definition) is 3. The molecule has 0 saturated heterocycles. The zero-order valence-electron chi connectivity index (χ0n) is 9.92. The predicted molar refractivity (Wildman–Crippen MR) is 63.0 cm³/mol. The lowest BCUT2D eigenvalue weighted by Crippen LogP contribution is -2.36. The molecule has 98 valence electrons. The van der Waals surface area contributed by atoms with Gasteiger partial charge < -0.3 is 25.0 Å². The molecule has 0 radical (unpaired) electrons. The minimum atomic E-state index is -1.17. The first-order chi connectivity index (χ1) is 8.58. The highest BCUT2D eigenvalue weighted by atomic mass is 16.6. The zero-order valence-corrected chi connectivity index (χ0v) is 9.92. The first-order valence-corrected chi connectivity index (χ1v) is 5.65. The maximum absolute atomic E-state index is 10.5. The van der Waals surface area contributed by atoms with E-state index in [1.165, 1.54) is 0 Å². The van der Waals surface area contributed by atoms with Crippen molar-refractivity contribution in [2.24, 2.45) is 0 Å². The smallest absolute Gasteiger partial charge is 0.404 e. The molecule has 18 heavy (non-hydrogen) atoms. The highest BCUT2D eigenvalue weighted by Gasteiger charge is 2.20. The molecule has 0 bridgehead atoms. The van der Waals surface area contributed by atoms with Crippen LogP contribution in [0.15, 0.2) is 18.2 Å². The number of aliphatic hydroxyl groups excluding tert-OH is 1. The van der Waals surface area contributed by atoms with Crippen molar-refractivity contribution in [3.05, 3.63) is 23.8 Å². The second-order valence-electron chi connectivity index (χ2n) is 4.09. The maximum atomic E-state index is 10.5. The molecule has 0 aromatic heterocycles. The number of carboxylic acid groups (broad SMARTS) is 1. The molecule has 2 rings (SSSR count). The van der Waals surface area contributed by atoms with Gasteiger partial charge in [-0.3, -0.25) is 0 Å². The first-order valence-electron chi connectivity index (χ1n) is 5.65. The summed E-state index contributed by atoms with van der Waals surface area (Å²) < 4.78 is 10.8. The first kappa shape index (κ1) is 12.5. The molecule has 1 aromatic carbocycles. The maximum Gasteiger partial charge on any atom is 0.404 e. The van der Waals surface area contributed by atoms with Gasteiger partial charge in [-0.15, -0.1) is 0 Å². The average Bonchev–Trinajstić information content (AvgIpc) is 2.36. The van der Waals surface area contributed by atoms with Crippen molar-refractivity contribution in [3.8, 4) is 11.5 Å². The van der Waals surface area contributed by atoms with Crippen molar-refractivity contribution in [2.75, 3.05) is 13.2 Å². The molecule has 0 saturated carbocycles. The summed E-state index contributed by atoms with van der Waals surface area (Å²) in [6.45, 7) is 2.57. The number of benzene rings is 1. The molecule has 2 atom stereocenters. The topological polar surface area (TPSA) is 88.0 Å². The van der Waals surface area contributed by atoms with Crippen LogP contribution in [-0.4, -0.2) is 35.6 Å². The van der Waals surface area contributed by atoms with Gasteiger partial charge in [-0.05, 0) is 24.6 Å². The van der Waals surface area contributed by atoms with Crippen LogP contribution >= 0.6 is 0 Å². The number of carbonyl (C=O) groups is 1. The van der Waals surface area contributed by atoms with Gasteiger partial charge in [0.25, 0.3) is 0 Å². The Bertz CT molecular complexity index is 448. The molecule has 0 unspecified atom stereocenters. The normalized spacial score (nSPS) is 16.8. The predicted octanol–water partition coefficient (Wildman–Crippen LogP) is 1.15. The molecule has 6 heteroatoms. The number of rotatable bonds is 3. The highest BCUT2D eigenvalue weighted by molar-refractivity contribution is 5.65. The number of aliphatic hydroxyl groups is 1. The monoisotopic (exact) mass is 253 g/mol. The Labute approximate surface area is 104 Å². The Morgan fingerprint density at radius 2 is 2.00 bits per heavy atom. The Kier molecular flexibility index (Phi) is 3.57. The van der Waals surface area contributed by atoms with Gasteiger partial charge in [0.2, 0.25) is 0 Å². The number of nitrogens with one attached hydrogen (secondary N) is 1. The molecular formula is C12H15NO5. The summed E-state index contributed by atoms with van der Waals surface area (Å²) in [5.74, 6) is 1.20. The summed E-state index contributed by atoms with van der Waals surface area (Å²) >= 11 is 0. The fourth-order valence-corrected chi connectivity index (χ4v) is 1.81. The Morgan fingerprint density at radius 3 is 2.67 bits per heavy atom. The van der Waals surface area contributed by atoms with E-state index in [1.807, 2.05) is 0 Å².